The molecular weight excluding hydrogens is 273 g/mol. The molecule has 7 heteroatoms. The lowest BCUT2D eigenvalue weighted by molar-refractivity contribution is -0.137. The van der Waals surface area contributed by atoms with Gasteiger partial charge in [-0.3, -0.25) is 4.90 Å². The number of benzene rings is 1. The quantitative estimate of drug-likeness (QED) is 0.833. The van der Waals surface area contributed by atoms with Crippen molar-refractivity contribution in [2.24, 2.45) is 5.73 Å². The Labute approximate surface area is 118 Å². The molecule has 2 unspecified atom stereocenters. The molecule has 0 bridgehead atoms. The summed E-state index contributed by atoms with van der Waals surface area (Å²) < 4.78 is 60.3. The van der Waals surface area contributed by atoms with Gasteiger partial charge in [0, 0.05) is 16.2 Å². The van der Waals surface area contributed by atoms with Gasteiger partial charge in [0.15, 0.2) is 0 Å². The van der Waals surface area contributed by atoms with E-state index in [1.54, 1.807) is 0 Å². The third-order valence-electron chi connectivity index (χ3n) is 3.35. The van der Waals surface area contributed by atoms with Crippen molar-refractivity contribution in [2.75, 3.05) is 4.90 Å². The first-order valence-corrected chi connectivity index (χ1v) is 5.89. The predicted octanol–water partition coefficient (Wildman–Crippen LogP) is 3.37. The lowest BCUT2D eigenvalue weighted by atomic mass is 9.89. The van der Waals surface area contributed by atoms with Gasteiger partial charge in [0.25, 0.3) is 0 Å². The molecule has 0 saturated heterocycles. The Morgan fingerprint density at radius 2 is 2.30 bits per heavy atom. The van der Waals surface area contributed by atoms with E-state index in [0.29, 0.717) is 0 Å². The summed E-state index contributed by atoms with van der Waals surface area (Å²) in [5.41, 5.74) is 4.98. The second-order valence-corrected chi connectivity index (χ2v) is 4.62. The monoisotopic (exact) mass is 291 g/mol. The maximum Gasteiger partial charge on any atom is 0.416 e. The summed E-state index contributed by atoms with van der Waals surface area (Å²) in [4.78, 5) is 12.3. The molecule has 0 saturated carbocycles. The van der Waals surface area contributed by atoms with Gasteiger partial charge in [-0.2, -0.15) is 13.2 Å². The summed E-state index contributed by atoms with van der Waals surface area (Å²) in [6.45, 7) is -2.37. The Bertz CT molecular complexity index is 619. The molecule has 1 aliphatic rings. The zero-order valence-electron chi connectivity index (χ0n) is 13.3. The number of fused-ring (bicyclic) bond motifs is 1. The molecule has 1 aromatic rings. The third-order valence-corrected chi connectivity index (χ3v) is 3.35. The number of carboxylic acid groups (broad SMARTS) is 1. The van der Waals surface area contributed by atoms with Crippen molar-refractivity contribution in [3.8, 4) is 0 Å². The number of alkyl halides is 3. The average molecular weight is 291 g/mol. The molecular formula is C13H15F3N2O2. The second kappa shape index (κ2) is 4.97. The highest BCUT2D eigenvalue weighted by molar-refractivity contribution is 5.89. The number of rotatable bonds is 1. The van der Waals surface area contributed by atoms with Crippen LogP contribution in [0.25, 0.3) is 0 Å². The predicted molar refractivity (Wildman–Crippen MR) is 67.6 cm³/mol. The zero-order valence-corrected chi connectivity index (χ0v) is 10.3. The number of carbonyl (C=O) groups is 1. The maximum absolute atomic E-state index is 12.8. The molecule has 1 heterocycles. The molecule has 2 atom stereocenters. The van der Waals surface area contributed by atoms with E-state index >= 15 is 0 Å². The lowest BCUT2D eigenvalue weighted by Gasteiger charge is -2.38. The zero-order chi connectivity index (χ0) is 17.6. The van der Waals surface area contributed by atoms with Gasteiger partial charge in [-0.15, -0.1) is 0 Å². The highest BCUT2D eigenvalue weighted by Gasteiger charge is 2.37. The van der Waals surface area contributed by atoms with Gasteiger partial charge < -0.3 is 10.8 Å². The van der Waals surface area contributed by atoms with Crippen molar-refractivity contribution in [1.82, 2.24) is 0 Å². The highest BCUT2D eigenvalue weighted by atomic mass is 19.4. The minimum Gasteiger partial charge on any atom is -0.465 e. The summed E-state index contributed by atoms with van der Waals surface area (Å²) >= 11 is 0. The Morgan fingerprint density at radius 3 is 2.85 bits per heavy atom. The van der Waals surface area contributed by atoms with Gasteiger partial charge in [0.1, 0.15) is 0 Å². The van der Waals surface area contributed by atoms with E-state index in [9.17, 15) is 23.1 Å². The van der Waals surface area contributed by atoms with Gasteiger partial charge in [0.05, 0.1) is 11.3 Å². The molecule has 0 aromatic heterocycles. The van der Waals surface area contributed by atoms with Crippen molar-refractivity contribution in [3.63, 3.8) is 0 Å². The summed E-state index contributed by atoms with van der Waals surface area (Å²) in [6.07, 6.45) is -6.47. The number of nitrogens with zero attached hydrogens (tertiary/aromatic N) is 1. The molecule has 2 rings (SSSR count). The fourth-order valence-electron chi connectivity index (χ4n) is 2.40. The van der Waals surface area contributed by atoms with Crippen LogP contribution in [-0.2, 0) is 6.18 Å². The molecule has 1 aromatic carbocycles. The van der Waals surface area contributed by atoms with E-state index < -0.39 is 43.2 Å². The number of anilines is 1. The van der Waals surface area contributed by atoms with Crippen LogP contribution in [0.15, 0.2) is 18.2 Å². The molecule has 20 heavy (non-hydrogen) atoms. The molecule has 1 amide bonds. The van der Waals surface area contributed by atoms with Gasteiger partial charge in [-0.05, 0) is 36.6 Å². The topological polar surface area (TPSA) is 66.6 Å². The van der Waals surface area contributed by atoms with Crippen LogP contribution in [0.5, 0.6) is 0 Å². The van der Waals surface area contributed by atoms with Gasteiger partial charge >= 0.3 is 12.3 Å². The van der Waals surface area contributed by atoms with E-state index in [-0.39, 0.29) is 17.7 Å². The highest BCUT2D eigenvalue weighted by Crippen LogP contribution is 2.40. The van der Waals surface area contributed by atoms with Crippen molar-refractivity contribution in [1.29, 1.82) is 0 Å². The number of amides is 1. The van der Waals surface area contributed by atoms with Crippen molar-refractivity contribution in [2.45, 2.75) is 38.0 Å². The van der Waals surface area contributed by atoms with E-state index in [1.807, 2.05) is 0 Å². The van der Waals surface area contributed by atoms with E-state index in [1.165, 1.54) is 0 Å². The number of hydrogen-bond donors (Lipinski definition) is 2. The summed E-state index contributed by atoms with van der Waals surface area (Å²) in [5, 5.41) is 9.35. The van der Waals surface area contributed by atoms with Crippen LogP contribution >= 0.6 is 0 Å². The van der Waals surface area contributed by atoms with E-state index in [4.69, 9.17) is 9.85 Å². The van der Waals surface area contributed by atoms with Crippen molar-refractivity contribution < 1.29 is 27.2 Å². The first-order chi connectivity index (χ1) is 10.4. The van der Waals surface area contributed by atoms with Crippen LogP contribution in [0.4, 0.5) is 23.7 Å². The summed E-state index contributed by atoms with van der Waals surface area (Å²) in [6, 6.07) is 0.827. The lowest BCUT2D eigenvalue weighted by Crippen LogP contribution is -2.45. The fraction of sp³-hybridized carbons (Fsp3) is 0.462. The molecule has 1 aliphatic heterocycles. The Hall–Kier alpha value is -1.76. The number of nitrogens with two attached hydrogens (primary N) is 1. The van der Waals surface area contributed by atoms with Crippen LogP contribution in [0, 0.1) is 0 Å². The van der Waals surface area contributed by atoms with E-state index in [0.717, 1.165) is 23.1 Å². The Balaban J connectivity index is 2.49. The fourth-order valence-corrected chi connectivity index (χ4v) is 2.40. The number of hydrogen-bond acceptors (Lipinski definition) is 2. The Kier molecular flexibility index (Phi) is 2.72. The maximum atomic E-state index is 12.8. The molecule has 0 fully saturated rings. The molecule has 0 aliphatic carbocycles. The van der Waals surface area contributed by atoms with Crippen LogP contribution in [0.1, 0.15) is 41.0 Å². The van der Waals surface area contributed by atoms with Gasteiger partial charge in [-0.25, -0.2) is 4.79 Å². The first kappa shape index (κ1) is 11.0. The molecule has 110 valence electrons. The SMILES string of the molecule is [2H]C([2H])([2H])CC1CC(N)c2cc(C(F)(F)F)ccc2N1C(=O)O. The van der Waals surface area contributed by atoms with Crippen molar-refractivity contribution in [3.05, 3.63) is 29.3 Å². The largest absolute Gasteiger partial charge is 0.465 e. The van der Waals surface area contributed by atoms with Crippen LogP contribution in [0.3, 0.4) is 0 Å². The van der Waals surface area contributed by atoms with Gasteiger partial charge in [0.2, 0.25) is 0 Å². The summed E-state index contributed by atoms with van der Waals surface area (Å²) in [5.74, 6) is 0. The minimum absolute atomic E-state index is 0.00139. The average Bonchev–Trinajstić information content (AvgIpc) is 2.34. The van der Waals surface area contributed by atoms with Crippen LogP contribution < -0.4 is 10.6 Å². The molecule has 4 nitrogen and oxygen atoms in total. The normalized spacial score (nSPS) is 25.4. The number of halogens is 3. The summed E-state index contributed by atoms with van der Waals surface area (Å²) in [7, 11) is 0. The molecule has 0 spiro atoms. The van der Waals surface area contributed by atoms with Gasteiger partial charge in [-0.1, -0.05) is 6.85 Å². The second-order valence-electron chi connectivity index (χ2n) is 4.62. The Morgan fingerprint density at radius 1 is 1.60 bits per heavy atom. The first-order valence-electron chi connectivity index (χ1n) is 7.39. The van der Waals surface area contributed by atoms with Crippen LogP contribution in [-0.4, -0.2) is 17.2 Å². The minimum atomic E-state index is -4.57. The third kappa shape index (κ3) is 2.45. The standard InChI is InChI=1S/C13H15F3N2O2/c1-2-8-6-10(17)9-5-7(13(14,15)16)3-4-11(9)18(8)12(19)20/h3-5,8,10H,2,6,17H2,1H3,(H,19,20)/i1D3. The smallest absolute Gasteiger partial charge is 0.416 e. The van der Waals surface area contributed by atoms with E-state index in [2.05, 4.69) is 0 Å². The van der Waals surface area contributed by atoms with Crippen molar-refractivity contribution >= 4 is 11.8 Å². The molecule has 3 N–H and O–H groups in total. The molecule has 0 radical (unpaired) electrons. The van der Waals surface area contributed by atoms with Crippen LogP contribution in [0.2, 0.25) is 0 Å².